The van der Waals surface area contributed by atoms with Gasteiger partial charge in [0, 0.05) is 52.6 Å². The van der Waals surface area contributed by atoms with Crippen molar-refractivity contribution in [2.45, 2.75) is 193 Å². The molecule has 1 fully saturated rings. The zero-order valence-corrected chi connectivity index (χ0v) is 44.4. The number of carbonyl (C=O) groups is 3. The number of fused-ring (bicyclic) bond motifs is 1. The quantitative estimate of drug-likeness (QED) is 0.0474. The van der Waals surface area contributed by atoms with Crippen LogP contribution in [0.3, 0.4) is 0 Å². The zero-order valence-electron chi connectivity index (χ0n) is 43.5. The number of methoxy groups -OCH3 is 3. The molecule has 1 amide bonds. The van der Waals surface area contributed by atoms with Crippen LogP contribution in [0.1, 0.15) is 133 Å². The van der Waals surface area contributed by atoms with Gasteiger partial charge in [-0.15, -0.1) is 12.6 Å². The van der Waals surface area contributed by atoms with Gasteiger partial charge in [-0.05, 0) is 94.1 Å². The molecule has 2 aliphatic heterocycles. The lowest BCUT2D eigenvalue weighted by atomic mass is 9.83. The molecule has 0 aromatic heterocycles. The van der Waals surface area contributed by atoms with Crippen LogP contribution in [0.5, 0.6) is 0 Å². The highest BCUT2D eigenvalue weighted by Gasteiger charge is 2.46. The second kappa shape index (κ2) is 31.9. The Labute approximate surface area is 414 Å². The Bertz CT molecular complexity index is 1620. The molecule has 0 aromatic rings. The van der Waals surface area contributed by atoms with Gasteiger partial charge < -0.3 is 53.7 Å². The Kier molecular flexibility index (Phi) is 29.0. The summed E-state index contributed by atoms with van der Waals surface area (Å²) in [6.07, 6.45) is 10.3. The number of hydrogen-bond donors (Lipinski definition) is 5. The molecule has 14 nitrogen and oxygen atoms in total. The summed E-state index contributed by atoms with van der Waals surface area (Å²) >= 11 is 4.77. The van der Waals surface area contributed by atoms with E-state index < -0.39 is 71.3 Å². The first-order valence-corrected chi connectivity index (χ1v) is 25.7. The summed E-state index contributed by atoms with van der Waals surface area (Å²) in [4.78, 5) is 42.1. The number of Topliss-reactive ketones (excluding diaryl/α,β-unsaturated/α-hetero) is 2. The number of allylic oxidation sites excluding steroid dienone is 5. The Morgan fingerprint density at radius 3 is 2.24 bits per heavy atom. The lowest BCUT2D eigenvalue weighted by Gasteiger charge is -2.41. The Hall–Kier alpha value is -2.28. The van der Waals surface area contributed by atoms with Crippen molar-refractivity contribution in [1.82, 2.24) is 4.90 Å². The Morgan fingerprint density at radius 2 is 1.63 bits per heavy atom. The van der Waals surface area contributed by atoms with Crippen molar-refractivity contribution < 1.29 is 63.2 Å². The SMILES string of the molecule is CCC1C[C@H](OC)/C(C)=C/C=C/C=C/[C@@H](C)C[C@@H](C)C(=O)[C@H](OC)[C@H](O)/C(C)=C/[C@@H](C)C(O)C[C@@H]([C@@H](C)C[C@H](CC)C[C@H](COCCO)OC)OC(O)[C@@H]2CCCCN2C(=O)C(=O)[C@@](S)(CC)O1. The molecule has 15 atom stereocenters. The van der Waals surface area contributed by atoms with Crippen LogP contribution < -0.4 is 0 Å². The van der Waals surface area contributed by atoms with E-state index in [0.29, 0.717) is 63.5 Å². The topological polar surface area (TPSA) is 191 Å². The van der Waals surface area contributed by atoms with E-state index in [9.17, 15) is 34.8 Å². The van der Waals surface area contributed by atoms with Crippen LogP contribution in [0.25, 0.3) is 0 Å². The molecule has 0 bridgehead atoms. The summed E-state index contributed by atoms with van der Waals surface area (Å²) in [6.45, 7) is 17.8. The highest BCUT2D eigenvalue weighted by atomic mass is 32.1. The molecule has 2 aliphatic rings. The minimum absolute atomic E-state index is 0.0433. The van der Waals surface area contributed by atoms with Gasteiger partial charge >= 0.3 is 0 Å². The van der Waals surface area contributed by atoms with E-state index in [4.69, 9.17) is 41.0 Å². The zero-order chi connectivity index (χ0) is 51.1. The smallest absolute Gasteiger partial charge is 0.294 e. The van der Waals surface area contributed by atoms with E-state index in [0.717, 1.165) is 12.0 Å². The lowest BCUT2D eigenvalue weighted by Crippen LogP contribution is -2.57. The van der Waals surface area contributed by atoms with E-state index in [1.165, 1.54) is 12.0 Å². The van der Waals surface area contributed by atoms with Crippen molar-refractivity contribution in [3.63, 3.8) is 0 Å². The lowest BCUT2D eigenvalue weighted by molar-refractivity contribution is -0.200. The number of aliphatic hydroxyl groups is 4. The summed E-state index contributed by atoms with van der Waals surface area (Å²) in [5, 5.41) is 44.7. The Balaban J connectivity index is 2.66. The van der Waals surface area contributed by atoms with Crippen LogP contribution in [-0.2, 0) is 42.8 Å². The van der Waals surface area contributed by atoms with Crippen LogP contribution in [-0.4, -0.2) is 150 Å². The van der Waals surface area contributed by atoms with Gasteiger partial charge in [0.25, 0.3) is 11.7 Å². The van der Waals surface area contributed by atoms with Crippen molar-refractivity contribution in [1.29, 1.82) is 0 Å². The summed E-state index contributed by atoms with van der Waals surface area (Å²) in [5.41, 5.74) is 1.40. The third-order valence-electron chi connectivity index (χ3n) is 14.1. The van der Waals surface area contributed by atoms with Crippen LogP contribution in [0.15, 0.2) is 47.6 Å². The predicted molar refractivity (Wildman–Crippen MR) is 269 cm³/mol. The van der Waals surface area contributed by atoms with Crippen molar-refractivity contribution in [2.24, 2.45) is 29.6 Å². The molecule has 0 aromatic carbocycles. The average molecular weight is 982 g/mol. The first-order chi connectivity index (χ1) is 32.2. The molecule has 392 valence electrons. The molecule has 0 radical (unpaired) electrons. The van der Waals surface area contributed by atoms with Crippen molar-refractivity contribution >= 4 is 30.1 Å². The maximum atomic E-state index is 14.4. The highest BCUT2D eigenvalue weighted by molar-refractivity contribution is 7.82. The van der Waals surface area contributed by atoms with Gasteiger partial charge in [0.1, 0.15) is 12.2 Å². The van der Waals surface area contributed by atoms with Gasteiger partial charge in [0.15, 0.2) is 17.0 Å². The molecular formula is C53H91NO13S. The number of rotatable bonds is 15. The summed E-state index contributed by atoms with van der Waals surface area (Å²) < 4.78 is 35.9. The number of piperidine rings is 1. The number of hydrogen-bond acceptors (Lipinski definition) is 14. The van der Waals surface area contributed by atoms with Gasteiger partial charge in [0.2, 0.25) is 0 Å². The predicted octanol–water partition coefficient (Wildman–Crippen LogP) is 7.36. The highest BCUT2D eigenvalue weighted by Crippen LogP contribution is 2.34. The third kappa shape index (κ3) is 19.4. The summed E-state index contributed by atoms with van der Waals surface area (Å²) in [7, 11) is 4.66. The number of thiol groups is 1. The number of nitrogens with zero attached hydrogens (tertiary/aromatic N) is 1. The van der Waals surface area contributed by atoms with Crippen LogP contribution in [0, 0.1) is 29.6 Å². The van der Waals surface area contributed by atoms with Crippen LogP contribution in [0.4, 0.5) is 0 Å². The molecule has 3 unspecified atom stereocenters. The van der Waals surface area contributed by atoms with E-state index in [-0.39, 0.29) is 68.3 Å². The molecule has 2 rings (SSSR count). The van der Waals surface area contributed by atoms with Gasteiger partial charge in [-0.25, -0.2) is 0 Å². The van der Waals surface area contributed by atoms with Crippen molar-refractivity contribution in [3.05, 3.63) is 47.6 Å². The fraction of sp³-hybridized carbons (Fsp3) is 0.792. The molecule has 4 N–H and O–H groups in total. The molecule has 0 aliphatic carbocycles. The minimum atomic E-state index is -1.75. The van der Waals surface area contributed by atoms with Gasteiger partial charge in [0.05, 0.1) is 56.4 Å². The standard InChI is InChI=1S/C53H91NO13S/c1-13-40(30-42(62-10)33-65-26-25-55)29-37(7)46-32-44(56)36(6)28-39(9)48(58)49(64-12)47(57)38(8)27-34(4)21-17-16-18-22-35(5)45(63-11)31-41(14-2)67-53(68,15-3)50(59)51(60)54-24-20-19-23-43(54)52(61)66-46/h16-18,21-22,28,34,36-38,40-46,48-49,52,55-56,58,61,68H,13-15,19-20,23-27,29-33H2,1-12H3/b18-16+,21-17+,35-22+,39-28+/t34-,36-,37+,38-,40+,41?,42-,43+,44?,45+,46+,48-,49+,52?,53+/m1/s1. The third-order valence-corrected chi connectivity index (χ3v) is 14.7. The van der Waals surface area contributed by atoms with Gasteiger partial charge in [-0.2, -0.15) is 0 Å². The van der Waals surface area contributed by atoms with E-state index in [1.807, 2.05) is 71.9 Å². The molecule has 1 saturated heterocycles. The van der Waals surface area contributed by atoms with Gasteiger partial charge in [-0.1, -0.05) is 91.3 Å². The van der Waals surface area contributed by atoms with E-state index in [1.54, 1.807) is 34.1 Å². The molecule has 0 spiro atoms. The van der Waals surface area contributed by atoms with Crippen molar-refractivity contribution in [3.8, 4) is 0 Å². The molecule has 2 heterocycles. The fourth-order valence-electron chi connectivity index (χ4n) is 9.45. The van der Waals surface area contributed by atoms with E-state index in [2.05, 4.69) is 6.92 Å². The largest absolute Gasteiger partial charge is 0.394 e. The van der Waals surface area contributed by atoms with Gasteiger partial charge in [-0.3, -0.25) is 14.4 Å². The molecule has 15 heteroatoms. The Morgan fingerprint density at radius 1 is 0.926 bits per heavy atom. The van der Waals surface area contributed by atoms with Crippen molar-refractivity contribution in [2.75, 3.05) is 47.7 Å². The maximum absolute atomic E-state index is 14.4. The van der Waals surface area contributed by atoms with Crippen LogP contribution in [0.2, 0.25) is 0 Å². The fourth-order valence-corrected chi connectivity index (χ4v) is 9.69. The summed E-state index contributed by atoms with van der Waals surface area (Å²) in [6, 6.07) is -0.861. The molecule has 0 saturated carbocycles. The number of amides is 1. The maximum Gasteiger partial charge on any atom is 0.294 e. The number of ether oxygens (including phenoxy) is 6. The first kappa shape index (κ1) is 61.8. The minimum Gasteiger partial charge on any atom is -0.394 e. The summed E-state index contributed by atoms with van der Waals surface area (Å²) in [5.74, 6) is -2.80. The number of aliphatic hydroxyl groups excluding tert-OH is 4. The van der Waals surface area contributed by atoms with E-state index >= 15 is 0 Å². The second-order valence-corrected chi connectivity index (χ2v) is 20.2. The molecular weight excluding hydrogens is 891 g/mol. The first-order valence-electron chi connectivity index (χ1n) is 25.2. The average Bonchev–Trinajstić information content (AvgIpc) is 3.33. The number of ketones is 2. The normalized spacial score (nSPS) is 35.9. The number of carbonyl (C=O) groups excluding carboxylic acids is 3. The second-order valence-electron chi connectivity index (χ2n) is 19.5. The monoisotopic (exact) mass is 982 g/mol. The molecule has 68 heavy (non-hydrogen) atoms. The van der Waals surface area contributed by atoms with Crippen LogP contribution >= 0.6 is 12.6 Å².